The smallest absolute Gasteiger partial charge is 0.322 e. The molecule has 6 heteroatoms. The minimum Gasteiger partial charge on any atom is -0.403 e. The second-order valence-corrected chi connectivity index (χ2v) is 5.00. The number of carbonyl (C=O) groups is 1. The molecular weight excluding hydrogens is 266 g/mol. The van der Waals surface area contributed by atoms with Gasteiger partial charge in [0, 0.05) is 17.0 Å². The Morgan fingerprint density at radius 1 is 1.32 bits per heavy atom. The first-order valence-corrected chi connectivity index (χ1v) is 6.31. The van der Waals surface area contributed by atoms with E-state index in [1.807, 2.05) is 13.8 Å². The molecule has 1 aromatic heterocycles. The lowest BCUT2D eigenvalue weighted by atomic mass is 10.1. The van der Waals surface area contributed by atoms with Crippen LogP contribution in [-0.4, -0.2) is 16.1 Å². The average Bonchev–Trinajstić information content (AvgIpc) is 2.77. The number of aromatic nitrogens is 2. The van der Waals surface area contributed by atoms with E-state index in [-0.39, 0.29) is 17.8 Å². The van der Waals surface area contributed by atoms with Gasteiger partial charge >= 0.3 is 6.01 Å². The predicted octanol–water partition coefficient (Wildman–Crippen LogP) is 3.37. The van der Waals surface area contributed by atoms with Crippen molar-refractivity contribution in [3.63, 3.8) is 0 Å². The maximum Gasteiger partial charge on any atom is 0.322 e. The minimum absolute atomic E-state index is 0.107. The third-order valence-corrected chi connectivity index (χ3v) is 2.61. The highest BCUT2D eigenvalue weighted by atomic mass is 35.5. The van der Waals surface area contributed by atoms with Crippen LogP contribution in [0.25, 0.3) is 11.5 Å². The van der Waals surface area contributed by atoms with Gasteiger partial charge in [-0.25, -0.2) is 0 Å². The molecule has 0 saturated carbocycles. The molecular formula is C13H14ClN3O2. The zero-order valence-corrected chi connectivity index (χ0v) is 11.4. The zero-order valence-electron chi connectivity index (χ0n) is 10.7. The van der Waals surface area contributed by atoms with Crippen molar-refractivity contribution < 1.29 is 9.21 Å². The molecule has 2 aromatic rings. The summed E-state index contributed by atoms with van der Waals surface area (Å²) in [6.45, 7) is 3.93. The number of anilines is 1. The van der Waals surface area contributed by atoms with Crippen molar-refractivity contribution in [2.75, 3.05) is 5.32 Å². The van der Waals surface area contributed by atoms with E-state index in [2.05, 4.69) is 15.5 Å². The summed E-state index contributed by atoms with van der Waals surface area (Å²) in [6.07, 6.45) is 0.415. The normalized spacial score (nSPS) is 10.7. The van der Waals surface area contributed by atoms with Gasteiger partial charge in [-0.2, -0.15) is 0 Å². The first-order valence-electron chi connectivity index (χ1n) is 5.94. The SMILES string of the molecule is CC(C)CC(=O)Nc1nnc(-c2ccc(Cl)cc2)o1. The highest BCUT2D eigenvalue weighted by molar-refractivity contribution is 6.30. The highest BCUT2D eigenvalue weighted by Crippen LogP contribution is 2.21. The number of benzene rings is 1. The largest absolute Gasteiger partial charge is 0.403 e. The Balaban J connectivity index is 2.07. The summed E-state index contributed by atoms with van der Waals surface area (Å²) >= 11 is 5.80. The van der Waals surface area contributed by atoms with Gasteiger partial charge in [-0.15, -0.1) is 5.10 Å². The van der Waals surface area contributed by atoms with Gasteiger partial charge in [0.05, 0.1) is 0 Å². The Labute approximate surface area is 116 Å². The maximum atomic E-state index is 11.6. The summed E-state index contributed by atoms with van der Waals surface area (Å²) in [7, 11) is 0. The fourth-order valence-electron chi connectivity index (χ4n) is 1.52. The molecule has 2 rings (SSSR count). The van der Waals surface area contributed by atoms with E-state index in [4.69, 9.17) is 16.0 Å². The van der Waals surface area contributed by atoms with Crippen LogP contribution in [0, 0.1) is 5.92 Å². The molecule has 0 atom stereocenters. The van der Waals surface area contributed by atoms with Gasteiger partial charge in [-0.3, -0.25) is 10.1 Å². The summed E-state index contributed by atoms with van der Waals surface area (Å²) in [6, 6.07) is 7.12. The third-order valence-electron chi connectivity index (χ3n) is 2.36. The van der Waals surface area contributed by atoms with Crippen molar-refractivity contribution in [2.24, 2.45) is 5.92 Å². The van der Waals surface area contributed by atoms with E-state index < -0.39 is 0 Å². The average molecular weight is 280 g/mol. The van der Waals surface area contributed by atoms with Crippen molar-refractivity contribution in [3.8, 4) is 11.5 Å². The van der Waals surface area contributed by atoms with E-state index in [0.29, 0.717) is 17.3 Å². The van der Waals surface area contributed by atoms with Crippen LogP contribution in [0.1, 0.15) is 20.3 Å². The third kappa shape index (κ3) is 3.79. The Morgan fingerprint density at radius 2 is 2.00 bits per heavy atom. The molecule has 0 radical (unpaired) electrons. The molecule has 5 nitrogen and oxygen atoms in total. The van der Waals surface area contributed by atoms with Gasteiger partial charge in [0.1, 0.15) is 0 Å². The fraction of sp³-hybridized carbons (Fsp3) is 0.308. The molecule has 0 unspecified atom stereocenters. The summed E-state index contributed by atoms with van der Waals surface area (Å²) < 4.78 is 5.36. The molecule has 100 valence electrons. The minimum atomic E-state index is -0.138. The van der Waals surface area contributed by atoms with Gasteiger partial charge < -0.3 is 4.42 Å². The van der Waals surface area contributed by atoms with Gasteiger partial charge in [0.15, 0.2) is 0 Å². The topological polar surface area (TPSA) is 68.0 Å². The number of hydrogen-bond acceptors (Lipinski definition) is 4. The second kappa shape index (κ2) is 5.84. The first kappa shape index (κ1) is 13.5. The molecule has 1 aromatic carbocycles. The van der Waals surface area contributed by atoms with Gasteiger partial charge in [-0.1, -0.05) is 30.5 Å². The van der Waals surface area contributed by atoms with E-state index >= 15 is 0 Å². The van der Waals surface area contributed by atoms with Crippen LogP contribution in [0.2, 0.25) is 5.02 Å². The lowest BCUT2D eigenvalue weighted by molar-refractivity contribution is -0.117. The zero-order chi connectivity index (χ0) is 13.8. The summed E-state index contributed by atoms with van der Waals surface area (Å²) in [5.41, 5.74) is 0.751. The molecule has 0 bridgehead atoms. The number of amides is 1. The van der Waals surface area contributed by atoms with Gasteiger partial charge in [-0.05, 0) is 30.2 Å². The number of carbonyl (C=O) groups excluding carboxylic acids is 1. The van der Waals surface area contributed by atoms with E-state index in [9.17, 15) is 4.79 Å². The number of rotatable bonds is 4. The van der Waals surface area contributed by atoms with Crippen molar-refractivity contribution in [1.29, 1.82) is 0 Å². The molecule has 0 spiro atoms. The Kier molecular flexibility index (Phi) is 4.16. The number of nitrogens with zero attached hydrogens (tertiary/aromatic N) is 2. The lowest BCUT2D eigenvalue weighted by Crippen LogP contribution is -2.13. The van der Waals surface area contributed by atoms with Crippen LogP contribution in [0.4, 0.5) is 6.01 Å². The van der Waals surface area contributed by atoms with Gasteiger partial charge in [0.2, 0.25) is 11.8 Å². The predicted molar refractivity (Wildman–Crippen MR) is 72.8 cm³/mol. The molecule has 19 heavy (non-hydrogen) atoms. The van der Waals surface area contributed by atoms with Crippen molar-refractivity contribution in [1.82, 2.24) is 10.2 Å². The molecule has 1 N–H and O–H groups in total. The molecule has 0 saturated heterocycles. The molecule has 0 aliphatic heterocycles. The summed E-state index contributed by atoms with van der Waals surface area (Å²) in [4.78, 5) is 11.6. The lowest BCUT2D eigenvalue weighted by Gasteiger charge is -2.02. The van der Waals surface area contributed by atoms with E-state index in [1.165, 1.54) is 0 Å². The quantitative estimate of drug-likeness (QED) is 0.931. The summed E-state index contributed by atoms with van der Waals surface area (Å²) in [5, 5.41) is 10.9. The summed E-state index contributed by atoms with van der Waals surface area (Å²) in [5.74, 6) is 0.483. The Morgan fingerprint density at radius 3 is 2.63 bits per heavy atom. The Bertz CT molecular complexity index is 564. The Hall–Kier alpha value is -1.88. The van der Waals surface area contributed by atoms with Crippen molar-refractivity contribution in [2.45, 2.75) is 20.3 Å². The van der Waals surface area contributed by atoms with Crippen LogP contribution < -0.4 is 5.32 Å². The molecule has 0 aliphatic rings. The van der Waals surface area contributed by atoms with Crippen LogP contribution in [0.3, 0.4) is 0 Å². The van der Waals surface area contributed by atoms with E-state index in [0.717, 1.165) is 5.56 Å². The van der Waals surface area contributed by atoms with Crippen LogP contribution in [-0.2, 0) is 4.79 Å². The van der Waals surface area contributed by atoms with Crippen molar-refractivity contribution >= 4 is 23.5 Å². The maximum absolute atomic E-state index is 11.6. The number of nitrogens with one attached hydrogen (secondary N) is 1. The van der Waals surface area contributed by atoms with Crippen LogP contribution in [0.15, 0.2) is 28.7 Å². The number of halogens is 1. The first-order chi connectivity index (χ1) is 9.04. The monoisotopic (exact) mass is 279 g/mol. The van der Waals surface area contributed by atoms with Crippen LogP contribution in [0.5, 0.6) is 0 Å². The molecule has 1 amide bonds. The standard InChI is InChI=1S/C13H14ClN3O2/c1-8(2)7-11(18)15-13-17-16-12(19-13)9-3-5-10(14)6-4-9/h3-6,8H,7H2,1-2H3,(H,15,17,18). The molecule has 0 aliphatic carbocycles. The van der Waals surface area contributed by atoms with Crippen molar-refractivity contribution in [3.05, 3.63) is 29.3 Å². The van der Waals surface area contributed by atoms with Gasteiger partial charge in [0.25, 0.3) is 0 Å². The van der Waals surface area contributed by atoms with Crippen LogP contribution >= 0.6 is 11.6 Å². The highest BCUT2D eigenvalue weighted by Gasteiger charge is 2.12. The second-order valence-electron chi connectivity index (χ2n) is 4.57. The number of hydrogen-bond donors (Lipinski definition) is 1. The van der Waals surface area contributed by atoms with E-state index in [1.54, 1.807) is 24.3 Å². The fourth-order valence-corrected chi connectivity index (χ4v) is 1.65. The molecule has 1 heterocycles. The molecule has 0 fully saturated rings.